The lowest BCUT2D eigenvalue weighted by molar-refractivity contribution is 0.966. The van der Waals surface area contributed by atoms with Gasteiger partial charge in [0.1, 0.15) is 22.6 Å². The summed E-state index contributed by atoms with van der Waals surface area (Å²) in [5, 5.41) is 8.29. The molecule has 0 N–H and O–H groups in total. The minimum absolute atomic E-state index is 0.589. The topological polar surface area (TPSA) is 87.2 Å². The molecule has 0 atom stereocenters. The van der Waals surface area contributed by atoms with E-state index in [1.165, 1.54) is 0 Å². The number of benzene rings is 6. The number of hydrogen-bond donors (Lipinski definition) is 0. The molecule has 0 saturated heterocycles. The average Bonchev–Trinajstić information content (AvgIpc) is 3.85. The summed E-state index contributed by atoms with van der Waals surface area (Å²) >= 11 is -1.38. The predicted molar refractivity (Wildman–Crippen MR) is 208 cm³/mol. The van der Waals surface area contributed by atoms with Crippen LogP contribution in [0.15, 0.2) is 121 Å². The zero-order valence-electron chi connectivity index (χ0n) is 27.2. The summed E-state index contributed by atoms with van der Waals surface area (Å²) in [6.07, 6.45) is 0. The van der Waals surface area contributed by atoms with Gasteiger partial charge < -0.3 is 8.12 Å². The first-order valence-electron chi connectivity index (χ1n) is 16.7. The number of nitrogens with zero attached hydrogens (tertiary/aromatic N) is 8. The Bertz CT molecular complexity index is 2960. The molecule has 0 spiro atoms. The standard InChI is InChI=1S/C41H23N8.Al.ClH.H/c1-49-40-28-16-8-9-17-29(28)41(49)48-39-33-21-25-13-5-3-11-23(25)19-31(33)37(46-39)44-35-27-15-7-6-14-26(27)34(42-35)43-36-30-18-22-10-2-4-12-24(22)20-32(30)38(45-36)47-40;;;/h2-21H,1H3;;1H;/q-1;+2;;/p-1. The number of fused-ring (bicyclic) bond motifs is 22. The highest BCUT2D eigenvalue weighted by Gasteiger charge is 2.25. The zero-order chi connectivity index (χ0) is 33.8. The molecule has 8 nitrogen and oxygen atoms in total. The van der Waals surface area contributed by atoms with Crippen molar-refractivity contribution in [3.05, 3.63) is 121 Å². The molecule has 0 radical (unpaired) electrons. The van der Waals surface area contributed by atoms with Gasteiger partial charge in [-0.25, -0.2) is 40.0 Å². The summed E-state index contributed by atoms with van der Waals surface area (Å²) in [6.45, 7) is 0. The summed E-state index contributed by atoms with van der Waals surface area (Å²) in [5.41, 5.74) is 6.67. The first kappa shape index (κ1) is 28.8. The third-order valence-electron chi connectivity index (χ3n) is 10.1. The van der Waals surface area contributed by atoms with Crippen LogP contribution < -0.4 is 0 Å². The van der Waals surface area contributed by atoms with Gasteiger partial charge >= 0.3 is 14.5 Å². The molecule has 0 unspecified atom stereocenters. The lowest BCUT2D eigenvalue weighted by atomic mass is 10.0. The molecule has 0 amide bonds. The van der Waals surface area contributed by atoms with Crippen molar-refractivity contribution in [3.63, 3.8) is 0 Å². The van der Waals surface area contributed by atoms with E-state index in [1.807, 2.05) is 35.9 Å². The van der Waals surface area contributed by atoms with E-state index in [-0.39, 0.29) is 0 Å². The van der Waals surface area contributed by atoms with E-state index in [2.05, 4.69) is 101 Å². The fourth-order valence-electron chi connectivity index (χ4n) is 7.63. The molecule has 6 aromatic carbocycles. The summed E-state index contributed by atoms with van der Waals surface area (Å²) in [4.78, 5) is 31.6. The molecule has 10 heteroatoms. The van der Waals surface area contributed by atoms with Gasteiger partial charge in [0, 0.05) is 50.8 Å². The second-order valence-corrected chi connectivity index (χ2v) is 14.5. The van der Waals surface area contributed by atoms with Crippen LogP contribution in [-0.2, 0) is 7.05 Å². The highest BCUT2D eigenvalue weighted by atomic mass is 35.6. The Morgan fingerprint density at radius 3 is 1.04 bits per heavy atom. The maximum atomic E-state index is 6.94. The average molecular weight is 691 g/mol. The molecule has 0 saturated carbocycles. The van der Waals surface area contributed by atoms with Crippen molar-refractivity contribution in [2.24, 2.45) is 7.05 Å². The van der Waals surface area contributed by atoms with E-state index in [0.29, 0.717) is 23.3 Å². The van der Waals surface area contributed by atoms with Crippen LogP contribution in [-0.4, -0.2) is 52.5 Å². The lowest BCUT2D eigenvalue weighted by Crippen LogP contribution is -2.01. The van der Waals surface area contributed by atoms with Crippen molar-refractivity contribution < 1.29 is 0 Å². The normalized spacial score (nSPS) is 12.1. The molecule has 8 bridgehead atoms. The van der Waals surface area contributed by atoms with Crippen LogP contribution in [0.1, 0.15) is 0 Å². The largest absolute Gasteiger partial charge is 0.527 e. The first-order valence-corrected chi connectivity index (χ1v) is 19.5. The van der Waals surface area contributed by atoms with Crippen molar-refractivity contribution in [3.8, 4) is 45.6 Å². The summed E-state index contributed by atoms with van der Waals surface area (Å²) in [7, 11) is 8.94. The Labute approximate surface area is 300 Å². The van der Waals surface area contributed by atoms with Crippen LogP contribution in [0.5, 0.6) is 0 Å². The Hall–Kier alpha value is -5.98. The minimum atomic E-state index is -1.38. The van der Waals surface area contributed by atoms with Crippen molar-refractivity contribution in [2.45, 2.75) is 0 Å². The molecule has 3 aromatic heterocycles. The first-order chi connectivity index (χ1) is 25.1. The highest BCUT2D eigenvalue weighted by molar-refractivity contribution is 6.93. The molecule has 0 aliphatic carbocycles. The van der Waals surface area contributed by atoms with Gasteiger partial charge in [0.25, 0.3) is 0 Å². The Kier molecular flexibility index (Phi) is 6.08. The Morgan fingerprint density at radius 2 is 0.706 bits per heavy atom. The van der Waals surface area contributed by atoms with Crippen molar-refractivity contribution in [1.82, 2.24) is 38.0 Å². The SMILES string of the molecule is Cn1c2nc3nc(nc4c5ccccc5c(nc5nc(nc1c1ccccc12)-c1cc2ccccc2cc1-5)[n]4[AlH][Cl])-c1cc2ccccc2cc1-3. The van der Waals surface area contributed by atoms with Gasteiger partial charge in [0.05, 0.1) is 0 Å². The quantitative estimate of drug-likeness (QED) is 0.160. The van der Waals surface area contributed by atoms with Crippen molar-refractivity contribution >= 4 is 90.2 Å². The summed E-state index contributed by atoms with van der Waals surface area (Å²) in [6, 6.07) is 41.8. The second kappa shape index (κ2) is 10.8. The lowest BCUT2D eigenvalue weighted by Gasteiger charge is -2.04. The minimum Gasteiger partial charge on any atom is -0.392 e. The molecule has 0 fully saturated rings. The smallest absolute Gasteiger partial charge is 0.392 e. The van der Waals surface area contributed by atoms with Gasteiger partial charge in [-0.2, -0.15) is 0 Å². The van der Waals surface area contributed by atoms with Crippen LogP contribution >= 0.6 is 10.0 Å². The predicted octanol–water partition coefficient (Wildman–Crippen LogP) is 9.01. The molecular weight excluding hydrogens is 667 g/mol. The third kappa shape index (κ3) is 4.20. The van der Waals surface area contributed by atoms with Crippen molar-refractivity contribution in [1.29, 1.82) is 0 Å². The van der Waals surface area contributed by atoms with E-state index < -0.39 is 14.5 Å². The molecule has 2 aliphatic rings. The van der Waals surface area contributed by atoms with E-state index in [1.54, 1.807) is 0 Å². The zero-order valence-corrected chi connectivity index (χ0v) is 29.4. The number of aromatic nitrogens is 8. The fourth-order valence-corrected chi connectivity index (χ4v) is 9.02. The van der Waals surface area contributed by atoms with Gasteiger partial charge in [-0.1, -0.05) is 97.1 Å². The second-order valence-electron chi connectivity index (χ2n) is 12.9. The van der Waals surface area contributed by atoms with Gasteiger partial charge in [-0.05, 0) is 45.8 Å². The number of halogens is 1. The maximum Gasteiger partial charge on any atom is 0.527 e. The Balaban J connectivity index is 1.38. The van der Waals surface area contributed by atoms with Crippen LogP contribution in [0, 0.1) is 0 Å². The van der Waals surface area contributed by atoms with Crippen molar-refractivity contribution in [2.75, 3.05) is 0 Å². The van der Waals surface area contributed by atoms with Gasteiger partial charge in [-0.3, -0.25) is 0 Å². The molecule has 51 heavy (non-hydrogen) atoms. The van der Waals surface area contributed by atoms with Crippen LogP contribution in [0.25, 0.3) is 111 Å². The molecule has 9 aromatic rings. The van der Waals surface area contributed by atoms with E-state index in [4.69, 9.17) is 40.0 Å². The van der Waals surface area contributed by atoms with Gasteiger partial charge in [-0.15, -0.1) is 0 Å². The van der Waals surface area contributed by atoms with Crippen LogP contribution in [0.3, 0.4) is 0 Å². The fraction of sp³-hybridized carbons (Fsp3) is 0.0244. The van der Waals surface area contributed by atoms with Gasteiger partial charge in [0.15, 0.2) is 23.3 Å². The van der Waals surface area contributed by atoms with E-state index in [0.717, 1.165) is 87.9 Å². The monoisotopic (exact) mass is 690 g/mol. The summed E-state index contributed by atoms with van der Waals surface area (Å²) in [5.74, 6) is 2.37. The Morgan fingerprint density at radius 1 is 0.412 bits per heavy atom. The van der Waals surface area contributed by atoms with Gasteiger partial charge in [0.2, 0.25) is 0 Å². The molecule has 2 aliphatic heterocycles. The van der Waals surface area contributed by atoms with Crippen LogP contribution in [0.4, 0.5) is 0 Å². The third-order valence-corrected chi connectivity index (χ3v) is 11.6. The number of aryl methyl sites for hydroxylation is 1. The molecule has 238 valence electrons. The molecule has 5 heterocycles. The summed E-state index contributed by atoms with van der Waals surface area (Å²) < 4.78 is 4.11. The molecule has 11 rings (SSSR count). The molecular formula is C41H24AlClN8. The van der Waals surface area contributed by atoms with E-state index in [9.17, 15) is 0 Å². The number of hydrogen-bond acceptors (Lipinski definition) is 6. The number of rotatable bonds is 1. The highest BCUT2D eigenvalue weighted by Crippen LogP contribution is 2.40. The van der Waals surface area contributed by atoms with Crippen LogP contribution in [0.2, 0.25) is 0 Å². The van der Waals surface area contributed by atoms with E-state index >= 15 is 0 Å². The maximum absolute atomic E-state index is 6.94.